The first-order valence-electron chi connectivity index (χ1n) is 9.29. The zero-order valence-corrected chi connectivity index (χ0v) is 15.6. The molecule has 1 N–H and O–H groups in total. The van der Waals surface area contributed by atoms with E-state index < -0.39 is 0 Å². The first kappa shape index (κ1) is 17.8. The highest BCUT2D eigenvalue weighted by molar-refractivity contribution is 6.62. The molecule has 24 heavy (non-hydrogen) atoms. The molecule has 2 aliphatic heterocycles. The number of rotatable bonds is 5. The molecule has 1 aromatic rings. The number of hydrogen-bond donors (Lipinski definition) is 1. The van der Waals surface area contributed by atoms with Gasteiger partial charge in [0.25, 0.3) is 0 Å². The van der Waals surface area contributed by atoms with Crippen molar-refractivity contribution in [3.8, 4) is 0 Å². The molecular weight excluding hydrogens is 299 g/mol. The van der Waals surface area contributed by atoms with Gasteiger partial charge in [0.15, 0.2) is 0 Å². The predicted molar refractivity (Wildman–Crippen MR) is 103 cm³/mol. The lowest BCUT2D eigenvalue weighted by Gasteiger charge is -2.32. The van der Waals surface area contributed by atoms with Crippen molar-refractivity contribution in [1.29, 1.82) is 0 Å². The van der Waals surface area contributed by atoms with Gasteiger partial charge in [0, 0.05) is 20.2 Å². The molecule has 0 aliphatic carbocycles. The maximum absolute atomic E-state index is 6.10. The van der Waals surface area contributed by atoms with Gasteiger partial charge in [-0.1, -0.05) is 18.6 Å². The fourth-order valence-corrected chi connectivity index (χ4v) is 3.28. The molecule has 2 aliphatic rings. The van der Waals surface area contributed by atoms with Crippen molar-refractivity contribution in [1.82, 2.24) is 4.90 Å². The molecule has 2 fully saturated rings. The highest BCUT2D eigenvalue weighted by Gasteiger charge is 2.51. The maximum Gasteiger partial charge on any atom is 0.494 e. The van der Waals surface area contributed by atoms with Crippen LogP contribution in [0.1, 0.15) is 48.4 Å². The van der Waals surface area contributed by atoms with Gasteiger partial charge in [0.1, 0.15) is 0 Å². The Bertz CT molecular complexity index is 529. The van der Waals surface area contributed by atoms with Crippen LogP contribution in [0, 0.1) is 0 Å². The summed E-state index contributed by atoms with van der Waals surface area (Å²) in [4.78, 5) is 2.55. The molecule has 2 heterocycles. The Kier molecular flexibility index (Phi) is 5.23. The zero-order valence-electron chi connectivity index (χ0n) is 15.6. The number of nitrogens with zero attached hydrogens (tertiary/aromatic N) is 1. The van der Waals surface area contributed by atoms with E-state index >= 15 is 0 Å². The summed E-state index contributed by atoms with van der Waals surface area (Å²) < 4.78 is 12.2. The number of likely N-dealkylation sites (tertiary alicyclic amines) is 1. The largest absolute Gasteiger partial charge is 0.494 e. The normalized spacial score (nSPS) is 23.4. The third-order valence-electron chi connectivity index (χ3n) is 5.64. The van der Waals surface area contributed by atoms with Crippen LogP contribution in [0.2, 0.25) is 0 Å². The minimum atomic E-state index is -0.289. The summed E-state index contributed by atoms with van der Waals surface area (Å²) in [5.74, 6) is 0. The average Bonchev–Trinajstić information content (AvgIpc) is 2.77. The SMILES string of the molecule is CC1(C)OB(c2ccc(NCCN3CCCCC3)cc2)OC1(C)C.[HH]. The molecule has 0 spiro atoms. The van der Waals surface area contributed by atoms with Crippen LogP contribution in [0.5, 0.6) is 0 Å². The topological polar surface area (TPSA) is 33.7 Å². The van der Waals surface area contributed by atoms with Gasteiger partial charge in [-0.3, -0.25) is 0 Å². The van der Waals surface area contributed by atoms with Crippen molar-refractivity contribution in [2.45, 2.75) is 58.2 Å². The van der Waals surface area contributed by atoms with Gasteiger partial charge in [-0.2, -0.15) is 0 Å². The van der Waals surface area contributed by atoms with E-state index in [4.69, 9.17) is 9.31 Å². The summed E-state index contributed by atoms with van der Waals surface area (Å²) in [6.45, 7) is 13.0. The summed E-state index contributed by atoms with van der Waals surface area (Å²) in [5.41, 5.74) is 1.66. The van der Waals surface area contributed by atoms with Gasteiger partial charge in [-0.05, 0) is 71.2 Å². The lowest BCUT2D eigenvalue weighted by Crippen LogP contribution is -2.41. The molecule has 134 valence electrons. The molecule has 0 bridgehead atoms. The van der Waals surface area contributed by atoms with Gasteiger partial charge in [-0.15, -0.1) is 0 Å². The molecule has 0 unspecified atom stereocenters. The molecule has 5 heteroatoms. The molecule has 0 atom stereocenters. The van der Waals surface area contributed by atoms with Crippen LogP contribution in [-0.2, 0) is 9.31 Å². The van der Waals surface area contributed by atoms with Crippen molar-refractivity contribution in [3.05, 3.63) is 24.3 Å². The third-order valence-corrected chi connectivity index (χ3v) is 5.64. The smallest absolute Gasteiger partial charge is 0.399 e. The summed E-state index contributed by atoms with van der Waals surface area (Å²) in [6, 6.07) is 8.45. The summed E-state index contributed by atoms with van der Waals surface area (Å²) >= 11 is 0. The van der Waals surface area contributed by atoms with Crippen LogP contribution in [-0.4, -0.2) is 49.4 Å². The van der Waals surface area contributed by atoms with Gasteiger partial charge in [-0.25, -0.2) is 0 Å². The van der Waals surface area contributed by atoms with E-state index in [2.05, 4.69) is 62.2 Å². The average molecular weight is 332 g/mol. The number of benzene rings is 1. The van der Waals surface area contributed by atoms with Crippen LogP contribution in [0.4, 0.5) is 5.69 Å². The monoisotopic (exact) mass is 332 g/mol. The standard InChI is InChI=1S/C19H31BN2O2.H2/c1-18(2)19(3,4)24-20(23-18)16-8-10-17(11-9-16)21-12-15-22-13-6-5-7-14-22;/h8-11,21H,5-7,12-15H2,1-4H3;1H. The third kappa shape index (κ3) is 3.96. The molecule has 0 radical (unpaired) electrons. The molecule has 0 amide bonds. The molecule has 0 saturated carbocycles. The van der Waals surface area contributed by atoms with Crippen LogP contribution in [0.3, 0.4) is 0 Å². The van der Waals surface area contributed by atoms with Gasteiger partial charge in [0.05, 0.1) is 11.2 Å². The highest BCUT2D eigenvalue weighted by atomic mass is 16.7. The van der Waals surface area contributed by atoms with Crippen LogP contribution >= 0.6 is 0 Å². The van der Waals surface area contributed by atoms with Crippen molar-refractivity contribution in [3.63, 3.8) is 0 Å². The number of anilines is 1. The minimum Gasteiger partial charge on any atom is -0.399 e. The highest BCUT2D eigenvalue weighted by Crippen LogP contribution is 2.36. The van der Waals surface area contributed by atoms with Crippen LogP contribution in [0.25, 0.3) is 0 Å². The van der Waals surface area contributed by atoms with Crippen LogP contribution < -0.4 is 10.8 Å². The molecule has 4 nitrogen and oxygen atoms in total. The van der Waals surface area contributed by atoms with Crippen molar-refractivity contribution < 1.29 is 10.7 Å². The van der Waals surface area contributed by atoms with E-state index in [1.54, 1.807) is 0 Å². The molecule has 2 saturated heterocycles. The quantitative estimate of drug-likeness (QED) is 0.840. The molecular formula is C19H33BN2O2. The first-order chi connectivity index (χ1) is 11.4. The second-order valence-electron chi connectivity index (χ2n) is 8.04. The molecule has 0 aromatic heterocycles. The van der Waals surface area contributed by atoms with Crippen molar-refractivity contribution in [2.75, 3.05) is 31.5 Å². The summed E-state index contributed by atoms with van der Waals surface area (Å²) in [6.07, 6.45) is 4.09. The Morgan fingerprint density at radius 1 is 1.00 bits per heavy atom. The number of hydrogen-bond acceptors (Lipinski definition) is 4. The Labute approximate surface area is 148 Å². The first-order valence-corrected chi connectivity index (χ1v) is 9.29. The fourth-order valence-electron chi connectivity index (χ4n) is 3.28. The van der Waals surface area contributed by atoms with E-state index in [1.807, 2.05) is 0 Å². The van der Waals surface area contributed by atoms with Crippen LogP contribution in [0.15, 0.2) is 24.3 Å². The number of piperidine rings is 1. The van der Waals surface area contributed by atoms with Gasteiger partial charge >= 0.3 is 7.12 Å². The maximum atomic E-state index is 6.10. The Balaban J connectivity index is 0.00000225. The fraction of sp³-hybridized carbons (Fsp3) is 0.684. The molecule has 1 aromatic carbocycles. The molecule has 3 rings (SSSR count). The Hall–Kier alpha value is -1.04. The second kappa shape index (κ2) is 7.07. The lowest BCUT2D eigenvalue weighted by molar-refractivity contribution is 0.00578. The van der Waals surface area contributed by atoms with E-state index in [1.165, 1.54) is 32.4 Å². The van der Waals surface area contributed by atoms with E-state index in [9.17, 15) is 0 Å². The lowest BCUT2D eigenvalue weighted by atomic mass is 9.79. The second-order valence-corrected chi connectivity index (χ2v) is 8.04. The summed E-state index contributed by atoms with van der Waals surface area (Å²) in [7, 11) is -0.280. The summed E-state index contributed by atoms with van der Waals surface area (Å²) in [5, 5.41) is 3.52. The van der Waals surface area contributed by atoms with Crippen molar-refractivity contribution >= 4 is 18.3 Å². The number of nitrogens with one attached hydrogen (secondary N) is 1. The van der Waals surface area contributed by atoms with Crippen molar-refractivity contribution in [2.24, 2.45) is 0 Å². The Morgan fingerprint density at radius 2 is 1.58 bits per heavy atom. The Morgan fingerprint density at radius 3 is 2.17 bits per heavy atom. The van der Waals surface area contributed by atoms with Gasteiger partial charge < -0.3 is 19.5 Å². The zero-order chi connectivity index (χ0) is 17.2. The van der Waals surface area contributed by atoms with Gasteiger partial charge in [0.2, 0.25) is 0 Å². The predicted octanol–water partition coefficient (Wildman–Crippen LogP) is 3.13. The van der Waals surface area contributed by atoms with E-state index in [0.29, 0.717) is 0 Å². The minimum absolute atomic E-state index is 0. The van der Waals surface area contributed by atoms with E-state index in [0.717, 1.165) is 24.2 Å². The van der Waals surface area contributed by atoms with E-state index in [-0.39, 0.29) is 19.7 Å².